The molecule has 2 aliphatic heterocycles. The maximum Gasteiger partial charge on any atom is 0.275 e. The van der Waals surface area contributed by atoms with E-state index in [-0.39, 0.29) is 24.5 Å². The van der Waals surface area contributed by atoms with Gasteiger partial charge in [0.2, 0.25) is 0 Å². The molecule has 1 amide bonds. The lowest BCUT2D eigenvalue weighted by Crippen LogP contribution is -2.56. The van der Waals surface area contributed by atoms with Crippen molar-refractivity contribution in [3.05, 3.63) is 77.2 Å². The second-order valence-corrected chi connectivity index (χ2v) is 12.3. The summed E-state index contributed by atoms with van der Waals surface area (Å²) >= 11 is 0. The molecule has 4 heterocycles. The summed E-state index contributed by atoms with van der Waals surface area (Å²) in [6.07, 6.45) is 3.03. The average Bonchev–Trinajstić information content (AvgIpc) is 3.35. The third-order valence-corrected chi connectivity index (χ3v) is 9.08. The first-order valence-electron chi connectivity index (χ1n) is 13.1. The van der Waals surface area contributed by atoms with Crippen molar-refractivity contribution in [2.75, 3.05) is 25.2 Å². The lowest BCUT2D eigenvalue weighted by atomic mass is 9.95. The SMILES string of the molecule is COc1cc2c(cc1-c1cncc(C#N)c1)-c1c(c(C(=O)N3CCS(=O)CC3(C)C)nn1-c1cc(F)cc(F)c1)CO2. The second kappa shape index (κ2) is 10.3. The van der Waals surface area contributed by atoms with Crippen molar-refractivity contribution in [2.24, 2.45) is 0 Å². The Labute approximate surface area is 242 Å². The standard InChI is InChI=1S/C30H25F2N5O4S/c1-30(2)16-42(39)5-4-36(30)29(38)27-24-15-41-26-11-25(40-3)22(18-6-17(12-33)13-34-14-18)10-23(26)28(24)37(35-27)21-8-19(31)7-20(32)9-21/h6-11,13-14H,4-5,15-16H2,1-3H3. The molecule has 9 nitrogen and oxygen atoms in total. The van der Waals surface area contributed by atoms with E-state index in [9.17, 15) is 23.0 Å². The molecule has 2 aromatic carbocycles. The van der Waals surface area contributed by atoms with Gasteiger partial charge in [-0.05, 0) is 38.1 Å². The molecule has 6 rings (SSSR count). The van der Waals surface area contributed by atoms with E-state index in [1.165, 1.54) is 18.0 Å². The van der Waals surface area contributed by atoms with Crippen LogP contribution in [0.2, 0.25) is 0 Å². The van der Waals surface area contributed by atoms with E-state index < -0.39 is 33.9 Å². The smallest absolute Gasteiger partial charge is 0.275 e. The second-order valence-electron chi connectivity index (χ2n) is 10.7. The molecule has 12 heteroatoms. The molecule has 0 aliphatic carbocycles. The number of halogens is 2. The minimum absolute atomic E-state index is 0.0324. The number of fused-ring (bicyclic) bond motifs is 3. The summed E-state index contributed by atoms with van der Waals surface area (Å²) in [5, 5.41) is 14.0. The van der Waals surface area contributed by atoms with Crippen LogP contribution >= 0.6 is 0 Å². The molecular weight excluding hydrogens is 564 g/mol. The highest BCUT2D eigenvalue weighted by Crippen LogP contribution is 2.46. The number of benzene rings is 2. The van der Waals surface area contributed by atoms with Crippen LogP contribution < -0.4 is 9.47 Å². The van der Waals surface area contributed by atoms with Crippen LogP contribution in [-0.2, 0) is 17.4 Å². The summed E-state index contributed by atoms with van der Waals surface area (Å²) in [6, 6.07) is 10.2. The van der Waals surface area contributed by atoms with Gasteiger partial charge in [-0.25, -0.2) is 13.5 Å². The lowest BCUT2D eigenvalue weighted by Gasteiger charge is -2.41. The van der Waals surface area contributed by atoms with Crippen LogP contribution in [0.4, 0.5) is 8.78 Å². The molecule has 42 heavy (non-hydrogen) atoms. The maximum absolute atomic E-state index is 14.4. The number of nitriles is 1. The summed E-state index contributed by atoms with van der Waals surface area (Å²) in [5.41, 5.74) is 2.37. The number of hydrogen-bond acceptors (Lipinski definition) is 7. The quantitative estimate of drug-likeness (QED) is 0.341. The molecule has 214 valence electrons. The summed E-state index contributed by atoms with van der Waals surface area (Å²) in [6.45, 7) is 3.94. The monoisotopic (exact) mass is 589 g/mol. The zero-order valence-electron chi connectivity index (χ0n) is 23.0. The zero-order valence-corrected chi connectivity index (χ0v) is 23.8. The van der Waals surface area contributed by atoms with Crippen LogP contribution in [0.25, 0.3) is 28.1 Å². The van der Waals surface area contributed by atoms with Gasteiger partial charge in [0.05, 0.1) is 24.1 Å². The molecule has 1 atom stereocenters. The first kappa shape index (κ1) is 27.5. The molecule has 0 spiro atoms. The van der Waals surface area contributed by atoms with Gasteiger partial charge in [-0.15, -0.1) is 0 Å². The minimum Gasteiger partial charge on any atom is -0.496 e. The molecule has 0 radical (unpaired) electrons. The van der Waals surface area contributed by atoms with E-state index in [4.69, 9.17) is 9.47 Å². The van der Waals surface area contributed by atoms with Gasteiger partial charge in [-0.2, -0.15) is 10.4 Å². The Morgan fingerprint density at radius 3 is 2.57 bits per heavy atom. The van der Waals surface area contributed by atoms with Crippen molar-refractivity contribution in [1.29, 1.82) is 5.26 Å². The van der Waals surface area contributed by atoms with E-state index in [1.54, 1.807) is 29.3 Å². The van der Waals surface area contributed by atoms with E-state index >= 15 is 0 Å². The van der Waals surface area contributed by atoms with Gasteiger partial charge in [0.1, 0.15) is 35.8 Å². The Morgan fingerprint density at radius 1 is 1.12 bits per heavy atom. The molecule has 1 unspecified atom stereocenters. The van der Waals surface area contributed by atoms with Crippen LogP contribution in [0.3, 0.4) is 0 Å². The van der Waals surface area contributed by atoms with Crippen molar-refractivity contribution < 1.29 is 27.3 Å². The van der Waals surface area contributed by atoms with Crippen LogP contribution in [-0.4, -0.2) is 60.5 Å². The largest absolute Gasteiger partial charge is 0.496 e. The Hall–Kier alpha value is -4.63. The third kappa shape index (κ3) is 4.69. The molecule has 1 saturated heterocycles. The number of rotatable bonds is 4. The Bertz CT molecular complexity index is 1810. The minimum atomic E-state index is -1.06. The Balaban J connectivity index is 1.59. The van der Waals surface area contributed by atoms with Crippen LogP contribution in [0, 0.1) is 23.0 Å². The molecule has 0 N–H and O–H groups in total. The van der Waals surface area contributed by atoms with Crippen LogP contribution in [0.15, 0.2) is 48.8 Å². The summed E-state index contributed by atoms with van der Waals surface area (Å²) in [7, 11) is 0.449. The predicted molar refractivity (Wildman–Crippen MR) is 151 cm³/mol. The van der Waals surface area contributed by atoms with Crippen molar-refractivity contribution in [3.8, 4) is 45.6 Å². The molecule has 4 aromatic rings. The summed E-state index contributed by atoms with van der Waals surface area (Å²) in [4.78, 5) is 19.8. The van der Waals surface area contributed by atoms with Crippen molar-refractivity contribution in [2.45, 2.75) is 26.0 Å². The number of methoxy groups -OCH3 is 1. The molecule has 2 aromatic heterocycles. The van der Waals surface area contributed by atoms with Gasteiger partial charge < -0.3 is 14.4 Å². The number of carbonyl (C=O) groups is 1. The number of aromatic nitrogens is 3. The Morgan fingerprint density at radius 2 is 1.88 bits per heavy atom. The summed E-state index contributed by atoms with van der Waals surface area (Å²) < 4.78 is 54.2. The topological polar surface area (TPSA) is 110 Å². The number of ether oxygens (including phenoxy) is 2. The van der Waals surface area contributed by atoms with E-state index in [2.05, 4.69) is 16.2 Å². The number of nitrogens with zero attached hydrogens (tertiary/aromatic N) is 5. The van der Waals surface area contributed by atoms with Gasteiger partial charge in [-0.1, -0.05) is 0 Å². The fourth-order valence-electron chi connectivity index (χ4n) is 5.49. The normalized spacial score (nSPS) is 17.0. The Kier molecular flexibility index (Phi) is 6.77. The molecule has 0 saturated carbocycles. The number of carbonyl (C=O) groups excluding carboxylic acids is 1. The third-order valence-electron chi connectivity index (χ3n) is 7.42. The van der Waals surface area contributed by atoms with Gasteiger partial charge in [-0.3, -0.25) is 14.0 Å². The number of pyridine rings is 1. The maximum atomic E-state index is 14.4. The first-order chi connectivity index (χ1) is 20.1. The average molecular weight is 590 g/mol. The van der Waals surface area contributed by atoms with Crippen molar-refractivity contribution in [1.82, 2.24) is 19.7 Å². The number of amides is 1. The number of hydrogen-bond donors (Lipinski definition) is 0. The first-order valence-corrected chi connectivity index (χ1v) is 14.5. The van der Waals surface area contributed by atoms with E-state index in [0.29, 0.717) is 56.5 Å². The van der Waals surface area contributed by atoms with Crippen LogP contribution in [0.1, 0.15) is 35.5 Å². The van der Waals surface area contributed by atoms with Gasteiger partial charge in [0.15, 0.2) is 5.69 Å². The lowest BCUT2D eigenvalue weighted by molar-refractivity contribution is 0.0585. The van der Waals surface area contributed by atoms with Crippen LogP contribution in [0.5, 0.6) is 11.5 Å². The molecule has 0 bridgehead atoms. The fraction of sp³-hybridized carbons (Fsp3) is 0.267. The highest BCUT2D eigenvalue weighted by Gasteiger charge is 2.40. The van der Waals surface area contributed by atoms with E-state index in [0.717, 1.165) is 18.2 Å². The highest BCUT2D eigenvalue weighted by atomic mass is 32.2. The summed E-state index contributed by atoms with van der Waals surface area (Å²) in [5.74, 6) is -0.474. The van der Waals surface area contributed by atoms with Gasteiger partial charge in [0.25, 0.3) is 5.91 Å². The molecule has 2 aliphatic rings. The van der Waals surface area contributed by atoms with Crippen molar-refractivity contribution in [3.63, 3.8) is 0 Å². The van der Waals surface area contributed by atoms with E-state index in [1.807, 2.05) is 13.8 Å². The molecular formula is C30H25F2N5O4S. The highest BCUT2D eigenvalue weighted by molar-refractivity contribution is 7.85. The van der Waals surface area contributed by atoms with Gasteiger partial charge in [0, 0.05) is 81.2 Å². The molecule has 1 fully saturated rings. The zero-order chi connectivity index (χ0) is 29.8. The van der Waals surface area contributed by atoms with Crippen molar-refractivity contribution >= 4 is 16.7 Å². The predicted octanol–water partition coefficient (Wildman–Crippen LogP) is 4.64. The fourth-order valence-corrected chi connectivity index (χ4v) is 6.96. The van der Waals surface area contributed by atoms with Gasteiger partial charge >= 0.3 is 0 Å².